The second kappa shape index (κ2) is 9.71. The summed E-state index contributed by atoms with van der Waals surface area (Å²) < 4.78 is 32.8. The van der Waals surface area contributed by atoms with Crippen LogP contribution in [-0.4, -0.2) is 25.9 Å². The number of nitrogens with zero attached hydrogens (tertiary/aromatic N) is 1. The molecule has 3 rings (SSSR count). The van der Waals surface area contributed by atoms with Crippen LogP contribution < -0.4 is 14.8 Å². The number of amides is 1. The maximum Gasteiger partial charge on any atom is 0.263 e. The zero-order chi connectivity index (χ0) is 21.4. The van der Waals surface area contributed by atoms with Gasteiger partial charge in [-0.15, -0.1) is 0 Å². The van der Waals surface area contributed by atoms with Crippen molar-refractivity contribution in [2.24, 2.45) is 0 Å². The molecule has 1 heterocycles. The molecule has 3 aromatic rings. The van der Waals surface area contributed by atoms with Crippen molar-refractivity contribution >= 4 is 33.5 Å². The third-order valence-corrected chi connectivity index (χ3v) is 5.34. The first kappa shape index (κ1) is 21.1. The Balaban J connectivity index is 1.65. The van der Waals surface area contributed by atoms with E-state index in [0.717, 1.165) is 5.56 Å². The number of carbonyl (C=O) groups excluding carboxylic acids is 1. The molecule has 8 heteroatoms. The van der Waals surface area contributed by atoms with Crippen molar-refractivity contribution in [1.82, 2.24) is 4.98 Å². The van der Waals surface area contributed by atoms with E-state index in [0.29, 0.717) is 18.0 Å². The number of hydrogen-bond donors (Lipinski definition) is 2. The van der Waals surface area contributed by atoms with E-state index in [2.05, 4.69) is 15.0 Å². The van der Waals surface area contributed by atoms with E-state index < -0.39 is 10.0 Å². The maximum atomic E-state index is 12.4. The number of nitrogens with one attached hydrogen (secondary N) is 2. The van der Waals surface area contributed by atoms with Gasteiger partial charge >= 0.3 is 0 Å². The monoisotopic (exact) mass is 423 g/mol. The summed E-state index contributed by atoms with van der Waals surface area (Å²) in [5, 5.41) is 2.70. The average Bonchev–Trinajstić information content (AvgIpc) is 2.74. The van der Waals surface area contributed by atoms with Gasteiger partial charge in [0.15, 0.2) is 0 Å². The van der Waals surface area contributed by atoms with Gasteiger partial charge < -0.3 is 10.1 Å². The molecular weight excluding hydrogens is 402 g/mol. The molecule has 0 saturated carbocycles. The summed E-state index contributed by atoms with van der Waals surface area (Å²) in [4.78, 5) is 16.2. The summed E-state index contributed by atoms with van der Waals surface area (Å²) in [7, 11) is -3.77. The summed E-state index contributed by atoms with van der Waals surface area (Å²) in [6.45, 7) is 2.42. The molecule has 0 atom stereocenters. The first-order valence-electron chi connectivity index (χ1n) is 9.23. The van der Waals surface area contributed by atoms with Gasteiger partial charge in [0.2, 0.25) is 5.91 Å². The lowest BCUT2D eigenvalue weighted by atomic mass is 10.2. The molecule has 1 amide bonds. The van der Waals surface area contributed by atoms with Crippen LogP contribution in [-0.2, 0) is 14.8 Å². The highest BCUT2D eigenvalue weighted by Crippen LogP contribution is 2.20. The van der Waals surface area contributed by atoms with E-state index in [1.807, 2.05) is 31.2 Å². The third-order valence-electron chi connectivity index (χ3n) is 3.97. The van der Waals surface area contributed by atoms with Crippen LogP contribution in [0.4, 0.5) is 11.5 Å². The molecule has 0 fully saturated rings. The summed E-state index contributed by atoms with van der Waals surface area (Å²) in [5.74, 6) is 0.579. The molecule has 1 aromatic heterocycles. The van der Waals surface area contributed by atoms with Crippen LogP contribution in [0.15, 0.2) is 83.9 Å². The highest BCUT2D eigenvalue weighted by molar-refractivity contribution is 7.92. The Labute approximate surface area is 175 Å². The van der Waals surface area contributed by atoms with Gasteiger partial charge in [-0.25, -0.2) is 13.4 Å². The van der Waals surface area contributed by atoms with Crippen molar-refractivity contribution in [3.63, 3.8) is 0 Å². The Morgan fingerprint density at radius 3 is 2.47 bits per heavy atom. The minimum Gasteiger partial charge on any atom is -0.493 e. The van der Waals surface area contributed by atoms with Gasteiger partial charge in [-0.05, 0) is 55.5 Å². The Bertz CT molecular complexity index is 1130. The van der Waals surface area contributed by atoms with Crippen LogP contribution >= 0.6 is 0 Å². The average molecular weight is 423 g/mol. The molecule has 0 saturated heterocycles. The summed E-state index contributed by atoms with van der Waals surface area (Å²) in [6, 6.07) is 18.2. The van der Waals surface area contributed by atoms with Gasteiger partial charge in [0, 0.05) is 23.5 Å². The molecular formula is C22H21N3O4S. The van der Waals surface area contributed by atoms with E-state index in [4.69, 9.17) is 4.74 Å². The topological polar surface area (TPSA) is 97.4 Å². The first-order valence-corrected chi connectivity index (χ1v) is 10.7. The Morgan fingerprint density at radius 1 is 1.03 bits per heavy atom. The largest absolute Gasteiger partial charge is 0.493 e. The number of benzene rings is 2. The van der Waals surface area contributed by atoms with Crippen LogP contribution in [0.1, 0.15) is 12.5 Å². The molecule has 0 radical (unpaired) electrons. The lowest BCUT2D eigenvalue weighted by molar-refractivity contribution is -0.111. The fourth-order valence-corrected chi connectivity index (χ4v) is 3.60. The summed E-state index contributed by atoms with van der Waals surface area (Å²) in [6.07, 6.45) is 4.55. The quantitative estimate of drug-likeness (QED) is 0.535. The molecule has 0 spiro atoms. The molecule has 2 aromatic carbocycles. The normalized spacial score (nSPS) is 11.2. The van der Waals surface area contributed by atoms with Crippen molar-refractivity contribution in [3.05, 3.63) is 84.6 Å². The fourth-order valence-electron chi connectivity index (χ4n) is 2.59. The lowest BCUT2D eigenvalue weighted by Gasteiger charge is -2.08. The number of sulfonamides is 1. The maximum absolute atomic E-state index is 12.4. The second-order valence-corrected chi connectivity index (χ2v) is 7.82. The van der Waals surface area contributed by atoms with Crippen LogP contribution in [0.25, 0.3) is 6.08 Å². The standard InChI is InChI=1S/C22H21N3O4S/c1-2-29-20-8-4-3-7-17(20)10-15-22(26)24-18-11-13-19(14-12-18)30(27,28)25-21-9-5-6-16-23-21/h3-16H,2H2,1H3,(H,23,25)(H,24,26)/b15-10+. The van der Waals surface area contributed by atoms with E-state index >= 15 is 0 Å². The SMILES string of the molecule is CCOc1ccccc1/C=C/C(=O)Nc1ccc(S(=O)(=O)Nc2ccccn2)cc1. The molecule has 0 aliphatic rings. The van der Waals surface area contributed by atoms with Crippen molar-refractivity contribution < 1.29 is 17.9 Å². The van der Waals surface area contributed by atoms with Gasteiger partial charge in [-0.1, -0.05) is 24.3 Å². The summed E-state index contributed by atoms with van der Waals surface area (Å²) >= 11 is 0. The Morgan fingerprint density at radius 2 is 1.77 bits per heavy atom. The minimum absolute atomic E-state index is 0.0623. The highest BCUT2D eigenvalue weighted by Gasteiger charge is 2.14. The van der Waals surface area contributed by atoms with Crippen LogP contribution in [0.2, 0.25) is 0 Å². The third kappa shape index (κ3) is 5.68. The number of ether oxygens (including phenoxy) is 1. The summed E-state index contributed by atoms with van der Waals surface area (Å²) in [5.41, 5.74) is 1.26. The number of rotatable bonds is 8. The molecule has 0 aliphatic carbocycles. The fraction of sp³-hybridized carbons (Fsp3) is 0.0909. The van der Waals surface area contributed by atoms with Crippen molar-refractivity contribution in [2.75, 3.05) is 16.6 Å². The number of para-hydroxylation sites is 1. The molecule has 0 aliphatic heterocycles. The van der Waals surface area contributed by atoms with Crippen molar-refractivity contribution in [2.45, 2.75) is 11.8 Å². The molecule has 7 nitrogen and oxygen atoms in total. The van der Waals surface area contributed by atoms with Crippen molar-refractivity contribution in [1.29, 1.82) is 0 Å². The van der Waals surface area contributed by atoms with E-state index in [9.17, 15) is 13.2 Å². The first-order chi connectivity index (χ1) is 14.5. The van der Waals surface area contributed by atoms with E-state index in [1.54, 1.807) is 24.3 Å². The lowest BCUT2D eigenvalue weighted by Crippen LogP contribution is -2.14. The van der Waals surface area contributed by atoms with E-state index in [-0.39, 0.29) is 16.6 Å². The Hall–Kier alpha value is -3.65. The van der Waals surface area contributed by atoms with Crippen molar-refractivity contribution in [3.8, 4) is 5.75 Å². The number of carbonyl (C=O) groups is 1. The number of hydrogen-bond acceptors (Lipinski definition) is 5. The molecule has 0 bridgehead atoms. The number of pyridine rings is 1. The van der Waals surface area contributed by atoms with Gasteiger partial charge in [0.05, 0.1) is 11.5 Å². The molecule has 0 unspecified atom stereocenters. The zero-order valence-electron chi connectivity index (χ0n) is 16.3. The van der Waals surface area contributed by atoms with Crippen LogP contribution in [0.3, 0.4) is 0 Å². The molecule has 30 heavy (non-hydrogen) atoms. The number of aromatic nitrogens is 1. The van der Waals surface area contributed by atoms with Gasteiger partial charge in [-0.2, -0.15) is 0 Å². The predicted molar refractivity (Wildman–Crippen MR) is 117 cm³/mol. The van der Waals surface area contributed by atoms with Crippen LogP contribution in [0, 0.1) is 0 Å². The smallest absolute Gasteiger partial charge is 0.263 e. The Kier molecular flexibility index (Phi) is 6.82. The van der Waals surface area contributed by atoms with Gasteiger partial charge in [0.25, 0.3) is 10.0 Å². The zero-order valence-corrected chi connectivity index (χ0v) is 17.1. The minimum atomic E-state index is -3.77. The highest BCUT2D eigenvalue weighted by atomic mass is 32.2. The van der Waals surface area contributed by atoms with E-state index in [1.165, 1.54) is 36.5 Å². The van der Waals surface area contributed by atoms with Gasteiger partial charge in [-0.3, -0.25) is 9.52 Å². The number of anilines is 2. The predicted octanol–water partition coefficient (Wildman–Crippen LogP) is 3.93. The van der Waals surface area contributed by atoms with Crippen LogP contribution in [0.5, 0.6) is 5.75 Å². The van der Waals surface area contributed by atoms with Gasteiger partial charge in [0.1, 0.15) is 11.6 Å². The molecule has 2 N–H and O–H groups in total. The molecule has 154 valence electrons. The second-order valence-electron chi connectivity index (χ2n) is 6.14.